The topological polar surface area (TPSA) is 32.6 Å². The zero-order chi connectivity index (χ0) is 14.7. The molecule has 21 heavy (non-hydrogen) atoms. The molecule has 0 aromatic heterocycles. The zero-order valence-electron chi connectivity index (χ0n) is 11.9. The van der Waals surface area contributed by atoms with E-state index in [-0.39, 0.29) is 11.8 Å². The van der Waals surface area contributed by atoms with Gasteiger partial charge in [-0.2, -0.15) is 0 Å². The normalized spacial score (nSPS) is 12.8. The largest absolute Gasteiger partial charge is 0.507 e. The summed E-state index contributed by atoms with van der Waals surface area (Å²) in [5, 5.41) is 12.2. The summed E-state index contributed by atoms with van der Waals surface area (Å²) in [7, 11) is 0. The van der Waals surface area contributed by atoms with E-state index in [1.165, 1.54) is 16.3 Å². The van der Waals surface area contributed by atoms with Gasteiger partial charge < -0.3 is 5.11 Å². The number of phenolic OH excluding ortho intramolecular Hbond substituents is 1. The minimum atomic E-state index is 0.0377. The van der Waals surface area contributed by atoms with Gasteiger partial charge >= 0.3 is 0 Å². The average molecular weight is 275 g/mol. The zero-order valence-corrected chi connectivity index (χ0v) is 11.9. The van der Waals surface area contributed by atoms with Crippen molar-refractivity contribution in [1.82, 2.24) is 0 Å². The Morgan fingerprint density at radius 2 is 1.62 bits per heavy atom. The monoisotopic (exact) mass is 275 g/mol. The van der Waals surface area contributed by atoms with E-state index in [0.717, 1.165) is 5.56 Å². The standard InChI is InChI=1S/C19H17NO/c1-14(20-13-16-8-3-5-12-19(16)21)17-11-6-9-15-7-2-4-10-18(15)17/h2-14,21H,1H3/t14-/m1/s1. The molecule has 0 aliphatic rings. The second-order valence-corrected chi connectivity index (χ2v) is 5.08. The highest BCUT2D eigenvalue weighted by atomic mass is 16.3. The van der Waals surface area contributed by atoms with Crippen LogP contribution in [-0.4, -0.2) is 11.3 Å². The van der Waals surface area contributed by atoms with Gasteiger partial charge in [0, 0.05) is 11.8 Å². The van der Waals surface area contributed by atoms with Crippen LogP contribution in [0.3, 0.4) is 0 Å². The summed E-state index contributed by atoms with van der Waals surface area (Å²) >= 11 is 0. The molecule has 104 valence electrons. The summed E-state index contributed by atoms with van der Waals surface area (Å²) in [6, 6.07) is 21.9. The maximum atomic E-state index is 9.77. The van der Waals surface area contributed by atoms with E-state index in [9.17, 15) is 5.11 Å². The molecule has 0 radical (unpaired) electrons. The van der Waals surface area contributed by atoms with Gasteiger partial charge in [-0.1, -0.05) is 54.6 Å². The van der Waals surface area contributed by atoms with E-state index >= 15 is 0 Å². The predicted octanol–water partition coefficient (Wildman–Crippen LogP) is 4.73. The molecule has 2 heteroatoms. The SMILES string of the molecule is C[C@@H](N=Cc1ccccc1O)c1cccc2ccccc12. The van der Waals surface area contributed by atoms with Crippen LogP contribution in [0.1, 0.15) is 24.1 Å². The Hall–Kier alpha value is -2.61. The van der Waals surface area contributed by atoms with Crippen LogP contribution in [0, 0.1) is 0 Å². The molecule has 0 bridgehead atoms. The second kappa shape index (κ2) is 5.80. The third kappa shape index (κ3) is 2.79. The lowest BCUT2D eigenvalue weighted by Crippen LogP contribution is -1.93. The van der Waals surface area contributed by atoms with E-state index in [1.807, 2.05) is 24.3 Å². The van der Waals surface area contributed by atoms with Crippen LogP contribution in [0.4, 0.5) is 0 Å². The Bertz CT molecular complexity index is 787. The van der Waals surface area contributed by atoms with E-state index in [0.29, 0.717) is 0 Å². The Balaban J connectivity index is 1.94. The highest BCUT2D eigenvalue weighted by molar-refractivity contribution is 5.87. The van der Waals surface area contributed by atoms with Gasteiger partial charge in [-0.25, -0.2) is 0 Å². The number of aliphatic imine (C=N–C) groups is 1. The van der Waals surface area contributed by atoms with Gasteiger partial charge in [0.05, 0.1) is 6.04 Å². The fraction of sp³-hybridized carbons (Fsp3) is 0.105. The average Bonchev–Trinajstić information content (AvgIpc) is 2.53. The molecule has 3 rings (SSSR count). The van der Waals surface area contributed by atoms with Crippen molar-refractivity contribution in [2.75, 3.05) is 0 Å². The lowest BCUT2D eigenvalue weighted by Gasteiger charge is -2.10. The Morgan fingerprint density at radius 1 is 0.905 bits per heavy atom. The quantitative estimate of drug-likeness (QED) is 0.689. The summed E-state index contributed by atoms with van der Waals surface area (Å²) in [6.07, 6.45) is 1.74. The number of phenols is 1. The van der Waals surface area contributed by atoms with Gasteiger partial charge in [-0.3, -0.25) is 4.99 Å². The maximum Gasteiger partial charge on any atom is 0.124 e. The van der Waals surface area contributed by atoms with Crippen molar-refractivity contribution in [3.63, 3.8) is 0 Å². The number of hydrogen-bond acceptors (Lipinski definition) is 2. The molecular weight excluding hydrogens is 258 g/mol. The first-order valence-electron chi connectivity index (χ1n) is 7.04. The molecule has 0 fully saturated rings. The van der Waals surface area contributed by atoms with Gasteiger partial charge in [0.2, 0.25) is 0 Å². The van der Waals surface area contributed by atoms with Crippen molar-refractivity contribution < 1.29 is 5.11 Å². The van der Waals surface area contributed by atoms with Crippen LogP contribution in [0.2, 0.25) is 0 Å². The highest BCUT2D eigenvalue weighted by Gasteiger charge is 2.07. The summed E-state index contributed by atoms with van der Waals surface area (Å²) in [6.45, 7) is 2.07. The van der Waals surface area contributed by atoms with Crippen LogP contribution < -0.4 is 0 Å². The van der Waals surface area contributed by atoms with Gasteiger partial charge in [0.25, 0.3) is 0 Å². The lowest BCUT2D eigenvalue weighted by molar-refractivity contribution is 0.474. The van der Waals surface area contributed by atoms with Gasteiger partial charge in [-0.15, -0.1) is 0 Å². The van der Waals surface area contributed by atoms with Crippen LogP contribution >= 0.6 is 0 Å². The van der Waals surface area contributed by atoms with Crippen LogP contribution in [0.15, 0.2) is 71.7 Å². The molecule has 0 amide bonds. The summed E-state index contributed by atoms with van der Waals surface area (Å²) in [5.41, 5.74) is 1.93. The van der Waals surface area contributed by atoms with E-state index in [4.69, 9.17) is 0 Å². The van der Waals surface area contributed by atoms with Crippen LogP contribution in [-0.2, 0) is 0 Å². The summed E-state index contributed by atoms with van der Waals surface area (Å²) < 4.78 is 0. The molecule has 0 spiro atoms. The predicted molar refractivity (Wildman–Crippen MR) is 88.1 cm³/mol. The van der Waals surface area contributed by atoms with Crippen LogP contribution in [0.5, 0.6) is 5.75 Å². The first-order chi connectivity index (χ1) is 10.3. The second-order valence-electron chi connectivity index (χ2n) is 5.08. The molecule has 1 atom stereocenters. The minimum Gasteiger partial charge on any atom is -0.507 e. The molecule has 3 aromatic carbocycles. The molecule has 0 aliphatic carbocycles. The third-order valence-corrected chi connectivity index (χ3v) is 3.65. The van der Waals surface area contributed by atoms with E-state index in [2.05, 4.69) is 42.2 Å². The summed E-state index contributed by atoms with van der Waals surface area (Å²) in [4.78, 5) is 4.59. The van der Waals surface area contributed by atoms with Gasteiger partial charge in [0.15, 0.2) is 0 Å². The van der Waals surface area contributed by atoms with E-state index < -0.39 is 0 Å². The molecular formula is C19H17NO. The molecule has 0 saturated carbocycles. The molecule has 2 nitrogen and oxygen atoms in total. The number of para-hydroxylation sites is 1. The van der Waals surface area contributed by atoms with Crippen molar-refractivity contribution in [2.24, 2.45) is 4.99 Å². The number of fused-ring (bicyclic) bond motifs is 1. The first kappa shape index (κ1) is 13.4. The molecule has 0 heterocycles. The number of rotatable bonds is 3. The molecule has 0 aliphatic heterocycles. The molecule has 3 aromatic rings. The number of nitrogens with zero attached hydrogens (tertiary/aromatic N) is 1. The summed E-state index contributed by atoms with van der Waals surface area (Å²) in [5.74, 6) is 0.256. The maximum absolute atomic E-state index is 9.77. The van der Waals surface area contributed by atoms with E-state index in [1.54, 1.807) is 18.3 Å². The number of aromatic hydroxyl groups is 1. The lowest BCUT2D eigenvalue weighted by atomic mass is 10.00. The molecule has 0 saturated heterocycles. The van der Waals surface area contributed by atoms with Crippen molar-refractivity contribution in [3.8, 4) is 5.75 Å². The van der Waals surface area contributed by atoms with Gasteiger partial charge in [-0.05, 0) is 35.4 Å². The van der Waals surface area contributed by atoms with Crippen molar-refractivity contribution >= 4 is 17.0 Å². The Morgan fingerprint density at radius 3 is 2.48 bits per heavy atom. The fourth-order valence-electron chi connectivity index (χ4n) is 2.48. The number of benzene rings is 3. The van der Waals surface area contributed by atoms with Crippen molar-refractivity contribution in [2.45, 2.75) is 13.0 Å². The smallest absolute Gasteiger partial charge is 0.124 e. The van der Waals surface area contributed by atoms with Crippen LogP contribution in [0.25, 0.3) is 10.8 Å². The fourth-order valence-corrected chi connectivity index (χ4v) is 2.48. The first-order valence-corrected chi connectivity index (χ1v) is 7.04. The minimum absolute atomic E-state index is 0.0377. The van der Waals surface area contributed by atoms with Gasteiger partial charge in [0.1, 0.15) is 5.75 Å². The molecule has 0 unspecified atom stereocenters. The van der Waals surface area contributed by atoms with Crippen molar-refractivity contribution in [1.29, 1.82) is 0 Å². The van der Waals surface area contributed by atoms with Crippen molar-refractivity contribution in [3.05, 3.63) is 77.9 Å². The Labute approximate surface area is 124 Å². The third-order valence-electron chi connectivity index (χ3n) is 3.65. The molecule has 1 N–H and O–H groups in total. The Kier molecular flexibility index (Phi) is 3.69. The number of hydrogen-bond donors (Lipinski definition) is 1. The highest BCUT2D eigenvalue weighted by Crippen LogP contribution is 2.26.